The largest absolute Gasteiger partial charge is 0.390 e. The molecule has 1 saturated carbocycles. The van der Waals surface area contributed by atoms with Gasteiger partial charge in [0.15, 0.2) is 0 Å². The van der Waals surface area contributed by atoms with Crippen LogP contribution in [0, 0.1) is 11.8 Å². The van der Waals surface area contributed by atoms with Crippen LogP contribution < -0.4 is 0 Å². The van der Waals surface area contributed by atoms with E-state index in [0.717, 1.165) is 32.0 Å². The van der Waals surface area contributed by atoms with Gasteiger partial charge in [-0.05, 0) is 25.7 Å². The standard InChI is InChI=1S/C11H20O2/c1-11(12,7-9-3-2-4-9)10-5-6-13-8-10/h9-10,12H,2-8H2,1H3. The molecule has 2 atom stereocenters. The Labute approximate surface area is 80.3 Å². The van der Waals surface area contributed by atoms with Crippen molar-refractivity contribution in [3.05, 3.63) is 0 Å². The number of aliphatic hydroxyl groups is 1. The normalized spacial score (nSPS) is 34.2. The second-order valence-corrected chi connectivity index (χ2v) is 4.92. The molecule has 2 aliphatic rings. The molecule has 2 unspecified atom stereocenters. The molecule has 0 aromatic carbocycles. The van der Waals surface area contributed by atoms with Crippen molar-refractivity contribution >= 4 is 0 Å². The van der Waals surface area contributed by atoms with E-state index in [2.05, 4.69) is 0 Å². The van der Waals surface area contributed by atoms with Crippen LogP contribution in [0.1, 0.15) is 39.0 Å². The van der Waals surface area contributed by atoms with Crippen LogP contribution in [0.15, 0.2) is 0 Å². The third-order valence-corrected chi connectivity index (χ3v) is 3.74. The highest BCUT2D eigenvalue weighted by molar-refractivity contribution is 4.88. The van der Waals surface area contributed by atoms with Crippen LogP contribution in [0.4, 0.5) is 0 Å². The predicted octanol–water partition coefficient (Wildman–Crippen LogP) is 1.96. The van der Waals surface area contributed by atoms with Crippen LogP contribution >= 0.6 is 0 Å². The molecule has 1 aliphatic heterocycles. The van der Waals surface area contributed by atoms with Crippen molar-refractivity contribution in [2.75, 3.05) is 13.2 Å². The Hall–Kier alpha value is -0.0800. The average Bonchev–Trinajstić information content (AvgIpc) is 2.49. The lowest BCUT2D eigenvalue weighted by molar-refractivity contribution is -0.0341. The quantitative estimate of drug-likeness (QED) is 0.726. The number of rotatable bonds is 3. The van der Waals surface area contributed by atoms with E-state index >= 15 is 0 Å². The molecule has 1 heterocycles. The summed E-state index contributed by atoms with van der Waals surface area (Å²) in [6.45, 7) is 3.59. The van der Waals surface area contributed by atoms with Gasteiger partial charge in [-0.25, -0.2) is 0 Å². The number of hydrogen-bond donors (Lipinski definition) is 1. The van der Waals surface area contributed by atoms with Crippen LogP contribution in [-0.2, 0) is 4.74 Å². The van der Waals surface area contributed by atoms with Gasteiger partial charge in [0.2, 0.25) is 0 Å². The van der Waals surface area contributed by atoms with E-state index in [9.17, 15) is 5.11 Å². The van der Waals surface area contributed by atoms with Gasteiger partial charge in [-0.1, -0.05) is 19.3 Å². The minimum atomic E-state index is -0.471. The Bertz CT molecular complexity index is 167. The zero-order valence-electron chi connectivity index (χ0n) is 8.46. The minimum Gasteiger partial charge on any atom is -0.390 e. The first-order valence-corrected chi connectivity index (χ1v) is 5.48. The first-order chi connectivity index (χ1) is 6.18. The molecule has 0 spiro atoms. The molecule has 0 amide bonds. The second-order valence-electron chi connectivity index (χ2n) is 4.92. The highest BCUT2D eigenvalue weighted by Crippen LogP contribution is 2.38. The number of ether oxygens (including phenoxy) is 1. The van der Waals surface area contributed by atoms with Crippen molar-refractivity contribution in [1.29, 1.82) is 0 Å². The predicted molar refractivity (Wildman–Crippen MR) is 51.5 cm³/mol. The minimum absolute atomic E-state index is 0.382. The Balaban J connectivity index is 1.85. The van der Waals surface area contributed by atoms with Gasteiger partial charge < -0.3 is 9.84 Å². The van der Waals surface area contributed by atoms with Gasteiger partial charge in [-0.2, -0.15) is 0 Å². The van der Waals surface area contributed by atoms with E-state index in [4.69, 9.17) is 4.74 Å². The second kappa shape index (κ2) is 3.58. The van der Waals surface area contributed by atoms with Crippen molar-refractivity contribution in [2.24, 2.45) is 11.8 Å². The molecule has 0 bridgehead atoms. The molecular formula is C11H20O2. The molecule has 1 N–H and O–H groups in total. The lowest BCUT2D eigenvalue weighted by Crippen LogP contribution is -2.38. The Morgan fingerprint density at radius 3 is 2.62 bits per heavy atom. The number of hydrogen-bond acceptors (Lipinski definition) is 2. The average molecular weight is 184 g/mol. The fraction of sp³-hybridized carbons (Fsp3) is 1.00. The lowest BCUT2D eigenvalue weighted by atomic mass is 9.73. The molecular weight excluding hydrogens is 164 g/mol. The van der Waals surface area contributed by atoms with Gasteiger partial charge in [0.25, 0.3) is 0 Å². The van der Waals surface area contributed by atoms with Crippen molar-refractivity contribution in [3.63, 3.8) is 0 Å². The maximum Gasteiger partial charge on any atom is 0.0673 e. The monoisotopic (exact) mass is 184 g/mol. The summed E-state index contributed by atoms with van der Waals surface area (Å²) in [6.07, 6.45) is 6.04. The van der Waals surface area contributed by atoms with E-state index in [-0.39, 0.29) is 0 Å². The van der Waals surface area contributed by atoms with Crippen LogP contribution in [0.3, 0.4) is 0 Å². The first-order valence-electron chi connectivity index (χ1n) is 5.48. The van der Waals surface area contributed by atoms with Crippen molar-refractivity contribution in [3.8, 4) is 0 Å². The molecule has 0 aromatic heterocycles. The summed E-state index contributed by atoms with van der Waals surface area (Å²) in [7, 11) is 0. The molecule has 2 heteroatoms. The van der Waals surface area contributed by atoms with Gasteiger partial charge in [-0.15, -0.1) is 0 Å². The summed E-state index contributed by atoms with van der Waals surface area (Å²) in [5, 5.41) is 10.3. The highest BCUT2D eigenvalue weighted by atomic mass is 16.5. The van der Waals surface area contributed by atoms with Crippen LogP contribution in [-0.4, -0.2) is 23.9 Å². The summed E-state index contributed by atoms with van der Waals surface area (Å²) in [4.78, 5) is 0. The summed E-state index contributed by atoms with van der Waals surface area (Å²) in [5.41, 5.74) is -0.471. The smallest absolute Gasteiger partial charge is 0.0673 e. The molecule has 13 heavy (non-hydrogen) atoms. The SMILES string of the molecule is CC(O)(CC1CCC1)C1CCOC1. The van der Waals surface area contributed by atoms with Gasteiger partial charge in [-0.3, -0.25) is 0 Å². The zero-order chi connectivity index (χ0) is 9.31. The van der Waals surface area contributed by atoms with E-state index in [0.29, 0.717) is 5.92 Å². The van der Waals surface area contributed by atoms with Gasteiger partial charge in [0.1, 0.15) is 0 Å². The summed E-state index contributed by atoms with van der Waals surface area (Å²) >= 11 is 0. The third kappa shape index (κ3) is 2.05. The van der Waals surface area contributed by atoms with Crippen LogP contribution in [0.5, 0.6) is 0 Å². The molecule has 1 saturated heterocycles. The highest BCUT2D eigenvalue weighted by Gasteiger charge is 2.37. The lowest BCUT2D eigenvalue weighted by Gasteiger charge is -2.36. The molecule has 2 nitrogen and oxygen atoms in total. The molecule has 2 rings (SSSR count). The van der Waals surface area contributed by atoms with E-state index in [1.165, 1.54) is 19.3 Å². The first kappa shape index (κ1) is 9.47. The molecule has 1 aliphatic carbocycles. The van der Waals surface area contributed by atoms with Crippen LogP contribution in [0.25, 0.3) is 0 Å². The summed E-state index contributed by atoms with van der Waals surface area (Å²) in [6, 6.07) is 0. The maximum absolute atomic E-state index is 10.3. The molecule has 2 fully saturated rings. The fourth-order valence-corrected chi connectivity index (χ4v) is 2.47. The van der Waals surface area contributed by atoms with E-state index in [1.807, 2.05) is 6.92 Å². The van der Waals surface area contributed by atoms with Crippen molar-refractivity contribution in [2.45, 2.75) is 44.6 Å². The maximum atomic E-state index is 10.3. The Morgan fingerprint density at radius 2 is 2.15 bits per heavy atom. The topological polar surface area (TPSA) is 29.5 Å². The third-order valence-electron chi connectivity index (χ3n) is 3.74. The fourth-order valence-electron chi connectivity index (χ4n) is 2.47. The van der Waals surface area contributed by atoms with Crippen molar-refractivity contribution in [1.82, 2.24) is 0 Å². The molecule has 0 radical (unpaired) electrons. The Kier molecular flexibility index (Phi) is 2.61. The van der Waals surface area contributed by atoms with E-state index in [1.54, 1.807) is 0 Å². The summed E-state index contributed by atoms with van der Waals surface area (Å²) in [5.74, 6) is 1.17. The van der Waals surface area contributed by atoms with Gasteiger partial charge in [0, 0.05) is 12.5 Å². The van der Waals surface area contributed by atoms with Gasteiger partial charge in [0.05, 0.1) is 12.2 Å². The molecule has 76 valence electrons. The Morgan fingerprint density at radius 1 is 1.38 bits per heavy atom. The zero-order valence-corrected chi connectivity index (χ0v) is 8.46. The van der Waals surface area contributed by atoms with Crippen LogP contribution in [0.2, 0.25) is 0 Å². The van der Waals surface area contributed by atoms with Crippen molar-refractivity contribution < 1.29 is 9.84 Å². The van der Waals surface area contributed by atoms with Gasteiger partial charge >= 0.3 is 0 Å². The molecule has 0 aromatic rings. The summed E-state index contributed by atoms with van der Waals surface area (Å²) < 4.78 is 5.32. The van der Waals surface area contributed by atoms with E-state index < -0.39 is 5.60 Å².